The predicted molar refractivity (Wildman–Crippen MR) is 111 cm³/mol. The van der Waals surface area contributed by atoms with Gasteiger partial charge in [-0.05, 0) is 42.5 Å². The minimum absolute atomic E-state index is 0.00366. The second-order valence-corrected chi connectivity index (χ2v) is 6.91. The molecule has 1 aromatic heterocycles. The number of thioether (sulfide) groups is 1. The molecule has 0 aliphatic rings. The Morgan fingerprint density at radius 1 is 1.00 bits per heavy atom. The van der Waals surface area contributed by atoms with Gasteiger partial charge < -0.3 is 10.6 Å². The van der Waals surface area contributed by atoms with E-state index in [4.69, 9.17) is 0 Å². The van der Waals surface area contributed by atoms with Crippen LogP contribution >= 0.6 is 11.8 Å². The van der Waals surface area contributed by atoms with E-state index >= 15 is 0 Å². The van der Waals surface area contributed by atoms with E-state index in [-0.39, 0.29) is 23.3 Å². The largest absolute Gasteiger partial charge is 0.325 e. The molecule has 0 aliphatic heterocycles. The van der Waals surface area contributed by atoms with Crippen LogP contribution in [0.15, 0.2) is 78.0 Å². The molecule has 29 heavy (non-hydrogen) atoms. The average molecular weight is 408 g/mol. The maximum absolute atomic E-state index is 12.2. The molecule has 0 aliphatic carbocycles. The molecule has 3 aromatic rings. The maximum Gasteiger partial charge on any atom is 0.269 e. The van der Waals surface area contributed by atoms with E-state index in [1.54, 1.807) is 54.7 Å². The van der Waals surface area contributed by atoms with Crippen molar-refractivity contribution in [3.05, 3.63) is 88.7 Å². The van der Waals surface area contributed by atoms with Crippen LogP contribution in [0.5, 0.6) is 0 Å². The van der Waals surface area contributed by atoms with Gasteiger partial charge in [0, 0.05) is 40.8 Å². The smallest absolute Gasteiger partial charge is 0.269 e. The van der Waals surface area contributed by atoms with Crippen molar-refractivity contribution in [2.75, 3.05) is 16.4 Å². The normalized spacial score (nSPS) is 10.2. The van der Waals surface area contributed by atoms with Crippen molar-refractivity contribution < 1.29 is 14.5 Å². The Labute approximate surface area is 170 Å². The first-order chi connectivity index (χ1) is 14.0. The van der Waals surface area contributed by atoms with Crippen LogP contribution in [-0.4, -0.2) is 27.5 Å². The van der Waals surface area contributed by atoms with Gasteiger partial charge >= 0.3 is 0 Å². The summed E-state index contributed by atoms with van der Waals surface area (Å²) in [5.74, 6) is -0.385. The number of hydrogen-bond acceptors (Lipinski definition) is 6. The number of nitro groups is 1. The number of non-ortho nitro benzene ring substituents is 1. The number of aromatic nitrogens is 1. The zero-order chi connectivity index (χ0) is 20.6. The van der Waals surface area contributed by atoms with Gasteiger partial charge in [0.2, 0.25) is 5.91 Å². The Morgan fingerprint density at radius 3 is 2.38 bits per heavy atom. The maximum atomic E-state index is 12.2. The molecular weight excluding hydrogens is 392 g/mol. The van der Waals surface area contributed by atoms with Gasteiger partial charge in [-0.1, -0.05) is 6.07 Å². The van der Waals surface area contributed by atoms with Gasteiger partial charge in [0.05, 0.1) is 16.2 Å². The number of anilines is 2. The molecular formula is C20H16N4O4S. The summed E-state index contributed by atoms with van der Waals surface area (Å²) in [5, 5.41) is 16.2. The van der Waals surface area contributed by atoms with Crippen molar-refractivity contribution in [3.63, 3.8) is 0 Å². The van der Waals surface area contributed by atoms with Crippen molar-refractivity contribution in [1.29, 1.82) is 0 Å². The van der Waals surface area contributed by atoms with E-state index in [1.807, 2.05) is 0 Å². The second kappa shape index (κ2) is 9.47. The highest BCUT2D eigenvalue weighted by molar-refractivity contribution is 8.00. The zero-order valence-corrected chi connectivity index (χ0v) is 15.9. The number of nitrogens with one attached hydrogen (secondary N) is 2. The molecule has 0 bridgehead atoms. The molecule has 9 heteroatoms. The summed E-state index contributed by atoms with van der Waals surface area (Å²) < 4.78 is 0. The van der Waals surface area contributed by atoms with Crippen LogP contribution in [0, 0.1) is 10.1 Å². The molecule has 0 unspecified atom stereocenters. The number of rotatable bonds is 7. The van der Waals surface area contributed by atoms with E-state index in [9.17, 15) is 19.7 Å². The van der Waals surface area contributed by atoms with E-state index in [2.05, 4.69) is 15.6 Å². The van der Waals surface area contributed by atoms with Crippen LogP contribution in [0.3, 0.4) is 0 Å². The third kappa shape index (κ3) is 5.88. The number of nitro benzene ring substituents is 1. The lowest BCUT2D eigenvalue weighted by atomic mass is 10.2. The fourth-order valence-electron chi connectivity index (χ4n) is 2.39. The summed E-state index contributed by atoms with van der Waals surface area (Å²) in [5.41, 5.74) is 1.52. The van der Waals surface area contributed by atoms with Gasteiger partial charge in [-0.15, -0.1) is 11.8 Å². The van der Waals surface area contributed by atoms with Gasteiger partial charge in [0.15, 0.2) is 0 Å². The van der Waals surface area contributed by atoms with Crippen molar-refractivity contribution >= 4 is 40.6 Å². The molecule has 0 atom stereocenters. The van der Waals surface area contributed by atoms with Gasteiger partial charge in [-0.2, -0.15) is 0 Å². The molecule has 2 N–H and O–H groups in total. The molecule has 0 fully saturated rings. The first-order valence-electron chi connectivity index (χ1n) is 8.50. The number of pyridine rings is 1. The minimum atomic E-state index is -0.471. The third-order valence-corrected chi connectivity index (χ3v) is 4.76. The van der Waals surface area contributed by atoms with Gasteiger partial charge in [0.1, 0.15) is 0 Å². The van der Waals surface area contributed by atoms with E-state index in [0.29, 0.717) is 16.9 Å². The SMILES string of the molecule is O=C(CSc1ccc([N+](=O)[O-])cc1)Nc1cccc(NC(=O)c2cccnc2)c1. The summed E-state index contributed by atoms with van der Waals surface area (Å²) in [6.07, 6.45) is 3.05. The summed E-state index contributed by atoms with van der Waals surface area (Å²) in [6, 6.07) is 16.1. The number of benzene rings is 2. The average Bonchev–Trinajstić information content (AvgIpc) is 2.73. The quantitative estimate of drug-likeness (QED) is 0.347. The van der Waals surface area contributed by atoms with Crippen LogP contribution in [0.25, 0.3) is 0 Å². The molecule has 0 spiro atoms. The lowest BCUT2D eigenvalue weighted by Gasteiger charge is -2.09. The fourth-order valence-corrected chi connectivity index (χ4v) is 3.08. The minimum Gasteiger partial charge on any atom is -0.325 e. The van der Waals surface area contributed by atoms with Crippen LogP contribution in [0.1, 0.15) is 10.4 Å². The van der Waals surface area contributed by atoms with Gasteiger partial charge in [0.25, 0.3) is 11.6 Å². The Balaban J connectivity index is 1.54. The first-order valence-corrected chi connectivity index (χ1v) is 9.48. The molecule has 0 saturated heterocycles. The molecule has 0 radical (unpaired) electrons. The predicted octanol–water partition coefficient (Wildman–Crippen LogP) is 3.97. The monoisotopic (exact) mass is 408 g/mol. The summed E-state index contributed by atoms with van der Waals surface area (Å²) >= 11 is 1.27. The zero-order valence-electron chi connectivity index (χ0n) is 15.1. The molecule has 8 nitrogen and oxygen atoms in total. The topological polar surface area (TPSA) is 114 Å². The van der Waals surface area contributed by atoms with E-state index < -0.39 is 4.92 Å². The van der Waals surface area contributed by atoms with Crippen molar-refractivity contribution in [1.82, 2.24) is 4.98 Å². The number of hydrogen-bond donors (Lipinski definition) is 2. The third-order valence-electron chi connectivity index (χ3n) is 3.75. The highest BCUT2D eigenvalue weighted by atomic mass is 32.2. The molecule has 2 aromatic carbocycles. The highest BCUT2D eigenvalue weighted by Crippen LogP contribution is 2.22. The van der Waals surface area contributed by atoms with Crippen LogP contribution in [0.2, 0.25) is 0 Å². The van der Waals surface area contributed by atoms with Crippen molar-refractivity contribution in [2.45, 2.75) is 4.90 Å². The summed E-state index contributed by atoms with van der Waals surface area (Å²) in [4.78, 5) is 39.2. The van der Waals surface area contributed by atoms with Crippen molar-refractivity contribution in [3.8, 4) is 0 Å². The second-order valence-electron chi connectivity index (χ2n) is 5.86. The Morgan fingerprint density at radius 2 is 1.72 bits per heavy atom. The molecule has 3 rings (SSSR count). The van der Waals surface area contributed by atoms with E-state index in [1.165, 1.54) is 30.1 Å². The lowest BCUT2D eigenvalue weighted by Crippen LogP contribution is -2.15. The van der Waals surface area contributed by atoms with Crippen molar-refractivity contribution in [2.24, 2.45) is 0 Å². The Hall–Kier alpha value is -3.72. The number of carbonyl (C=O) groups is 2. The number of nitrogens with zero attached hydrogens (tertiary/aromatic N) is 2. The summed E-state index contributed by atoms with van der Waals surface area (Å²) in [7, 11) is 0. The van der Waals surface area contributed by atoms with Gasteiger partial charge in [-0.3, -0.25) is 24.7 Å². The molecule has 2 amide bonds. The summed E-state index contributed by atoms with van der Waals surface area (Å²) in [6.45, 7) is 0. The van der Waals surface area contributed by atoms with Gasteiger partial charge in [-0.25, -0.2) is 0 Å². The number of amides is 2. The Bertz CT molecular complexity index is 1030. The fraction of sp³-hybridized carbons (Fsp3) is 0.0500. The first kappa shape index (κ1) is 20.0. The molecule has 0 saturated carbocycles. The standard InChI is InChI=1S/C20H16N4O4S/c25-19(13-29-18-8-6-17(7-9-18)24(27)28)22-15-4-1-5-16(11-15)23-20(26)14-3-2-10-21-12-14/h1-12H,13H2,(H,22,25)(H,23,26). The van der Waals surface area contributed by atoms with Crippen LogP contribution in [0.4, 0.5) is 17.1 Å². The Kier molecular flexibility index (Phi) is 6.54. The van der Waals surface area contributed by atoms with Crippen LogP contribution < -0.4 is 10.6 Å². The number of carbonyl (C=O) groups excluding carboxylic acids is 2. The molecule has 1 heterocycles. The lowest BCUT2D eigenvalue weighted by molar-refractivity contribution is -0.384. The van der Waals surface area contributed by atoms with Crippen LogP contribution in [-0.2, 0) is 4.79 Å². The molecule has 146 valence electrons. The highest BCUT2D eigenvalue weighted by Gasteiger charge is 2.09. The van der Waals surface area contributed by atoms with E-state index in [0.717, 1.165) is 4.90 Å².